The number of carbonyl (C=O) groups is 4. The summed E-state index contributed by atoms with van der Waals surface area (Å²) in [5.41, 5.74) is -4.53. The lowest BCUT2D eigenvalue weighted by Crippen LogP contribution is -2.61. The van der Waals surface area contributed by atoms with Crippen molar-refractivity contribution in [1.29, 1.82) is 0 Å². The van der Waals surface area contributed by atoms with Gasteiger partial charge in [-0.25, -0.2) is 19.0 Å². The van der Waals surface area contributed by atoms with E-state index in [1.54, 1.807) is 60.4 Å². The van der Waals surface area contributed by atoms with E-state index >= 15 is 4.39 Å². The molecule has 0 aliphatic carbocycles. The molecule has 5 rings (SSSR count). The number of hydrogen-bond donors (Lipinski definition) is 2. The average molecular weight is 816 g/mol. The molecule has 0 radical (unpaired) electrons. The number of aryl methyl sites for hydroxylation is 1. The minimum Gasteiger partial charge on any atom is -0.455 e. The number of esters is 1. The van der Waals surface area contributed by atoms with Crippen LogP contribution in [0.25, 0.3) is 11.3 Å². The number of aliphatic hydroxyl groups is 1. The molecule has 3 aliphatic rings. The fourth-order valence-corrected chi connectivity index (χ4v) is 9.23. The first-order chi connectivity index (χ1) is 27.3. The number of amides is 1. The number of nitrogens with one attached hydrogen (secondary N) is 1. The quantitative estimate of drug-likeness (QED) is 0.182. The molecule has 0 saturated carbocycles. The van der Waals surface area contributed by atoms with Gasteiger partial charge in [-0.15, -0.1) is 0 Å². The van der Waals surface area contributed by atoms with Crippen LogP contribution in [0, 0.1) is 17.8 Å². The lowest BCUT2D eigenvalue weighted by Gasteiger charge is -2.46. The summed E-state index contributed by atoms with van der Waals surface area (Å²) in [5, 5.41) is 14.3. The van der Waals surface area contributed by atoms with Crippen LogP contribution in [0.5, 0.6) is 0 Å². The molecule has 2 aromatic heterocycles. The molecule has 0 bridgehead atoms. The summed E-state index contributed by atoms with van der Waals surface area (Å²) in [5.74, 6) is -5.79. The minimum absolute atomic E-state index is 0.00237. The Morgan fingerprint density at radius 1 is 1.07 bits per heavy atom. The zero-order valence-electron chi connectivity index (χ0n) is 35.5. The summed E-state index contributed by atoms with van der Waals surface area (Å²) >= 11 is 0. The highest BCUT2D eigenvalue weighted by molar-refractivity contribution is 6.08. The molecule has 15 nitrogen and oxygen atoms in total. The van der Waals surface area contributed by atoms with Gasteiger partial charge in [0.15, 0.2) is 17.7 Å². The number of cyclic esters (lactones) is 1. The number of halogens is 1. The summed E-state index contributed by atoms with van der Waals surface area (Å²) < 4.78 is 49.2. The Bertz CT molecular complexity index is 1760. The summed E-state index contributed by atoms with van der Waals surface area (Å²) in [6.45, 7) is 13.3. The molecule has 2 aromatic rings. The van der Waals surface area contributed by atoms with Gasteiger partial charge < -0.3 is 43.6 Å². The molecule has 58 heavy (non-hydrogen) atoms. The average Bonchev–Trinajstić information content (AvgIpc) is 3.78. The highest BCUT2D eigenvalue weighted by Gasteiger charge is 2.61. The largest absolute Gasteiger partial charge is 0.455 e. The number of aromatic nitrogens is 3. The van der Waals surface area contributed by atoms with Gasteiger partial charge in [0, 0.05) is 68.1 Å². The predicted octanol–water partition coefficient (Wildman–Crippen LogP) is 4.68. The Morgan fingerprint density at radius 3 is 2.41 bits per heavy atom. The summed E-state index contributed by atoms with van der Waals surface area (Å²) in [4.78, 5) is 66.7. The van der Waals surface area contributed by atoms with Crippen molar-refractivity contribution >= 4 is 23.6 Å². The number of methoxy groups -OCH3 is 1. The third kappa shape index (κ3) is 9.00. The number of hydrogen-bond acceptors (Lipinski definition) is 13. The van der Waals surface area contributed by atoms with Gasteiger partial charge >= 0.3 is 12.1 Å². The van der Waals surface area contributed by atoms with Crippen molar-refractivity contribution in [3.05, 3.63) is 37.1 Å². The topological polar surface area (TPSA) is 181 Å². The van der Waals surface area contributed by atoms with E-state index in [9.17, 15) is 24.3 Å². The molecule has 2 N–H and O–H groups in total. The number of rotatable bonds is 11. The van der Waals surface area contributed by atoms with E-state index in [0.29, 0.717) is 25.8 Å². The van der Waals surface area contributed by atoms with Crippen LogP contribution in [-0.2, 0) is 44.6 Å². The molecule has 1 amide bonds. The zero-order valence-corrected chi connectivity index (χ0v) is 35.5. The van der Waals surface area contributed by atoms with Gasteiger partial charge in [0.1, 0.15) is 18.0 Å². The molecule has 13 atom stereocenters. The summed E-state index contributed by atoms with van der Waals surface area (Å²) in [6, 6.07) is 2.44. The van der Waals surface area contributed by atoms with Crippen LogP contribution in [-0.4, -0.2) is 129 Å². The number of fused-ring (bicyclic) bond motifs is 1. The summed E-state index contributed by atoms with van der Waals surface area (Å²) in [7, 11) is 3.10. The van der Waals surface area contributed by atoms with Crippen LogP contribution in [0.2, 0.25) is 0 Å². The first kappa shape index (κ1) is 45.3. The van der Waals surface area contributed by atoms with Gasteiger partial charge in [-0.3, -0.25) is 14.6 Å². The fourth-order valence-electron chi connectivity index (χ4n) is 9.23. The SMILES string of the molecule is CC[C@H]1OC(=O)[C@@](C)(F)C(=O)[C@H](C)[C@@H](O[C@@H]2O[C@H](C)C[C@H](NC)[C@H]2O)[C@](C)(OC)C[C@@H](C)C(=O)[C@H](C)C2N(CCCCn3cnc(-c4cccnc4)c3)C(=O)O[C@@]21C. The Morgan fingerprint density at radius 2 is 1.78 bits per heavy atom. The molecule has 0 aromatic carbocycles. The second-order valence-electron chi connectivity index (χ2n) is 16.9. The van der Waals surface area contributed by atoms with E-state index in [1.165, 1.54) is 18.9 Å². The predicted molar refractivity (Wildman–Crippen MR) is 210 cm³/mol. The number of likely N-dealkylation sites (N-methyl/N-ethyl adjacent to an activating group) is 1. The van der Waals surface area contributed by atoms with E-state index in [2.05, 4.69) is 15.3 Å². The molecule has 5 heterocycles. The molecule has 322 valence electrons. The van der Waals surface area contributed by atoms with E-state index < -0.39 is 89.2 Å². The number of nitrogens with zero attached hydrogens (tertiary/aromatic N) is 4. The Hall–Kier alpha value is -3.83. The summed E-state index contributed by atoms with van der Waals surface area (Å²) in [6.07, 6.45) is 2.88. The van der Waals surface area contributed by atoms with Crippen molar-refractivity contribution < 1.29 is 52.4 Å². The van der Waals surface area contributed by atoms with E-state index in [4.69, 9.17) is 23.7 Å². The Kier molecular flexibility index (Phi) is 14.2. The molecule has 3 saturated heterocycles. The number of unbranched alkanes of at least 4 members (excludes halogenated alkanes) is 1. The number of pyridine rings is 1. The number of ketones is 2. The number of ether oxygens (including phenoxy) is 5. The highest BCUT2D eigenvalue weighted by Crippen LogP contribution is 2.43. The highest BCUT2D eigenvalue weighted by atomic mass is 19.1. The van der Waals surface area contributed by atoms with Crippen molar-refractivity contribution in [2.45, 2.75) is 154 Å². The Labute approximate surface area is 340 Å². The second-order valence-corrected chi connectivity index (χ2v) is 16.9. The first-order valence-electron chi connectivity index (χ1n) is 20.4. The number of carbonyl (C=O) groups excluding carboxylic acids is 4. The van der Waals surface area contributed by atoms with Gasteiger partial charge in [0.05, 0.1) is 35.9 Å². The molecule has 16 heteroatoms. The van der Waals surface area contributed by atoms with Crippen molar-refractivity contribution in [1.82, 2.24) is 24.8 Å². The smallest absolute Gasteiger partial charge is 0.410 e. The second kappa shape index (κ2) is 18.2. The lowest BCUT2D eigenvalue weighted by molar-refractivity contribution is -0.290. The monoisotopic (exact) mass is 815 g/mol. The van der Waals surface area contributed by atoms with Crippen LogP contribution in [0.1, 0.15) is 87.5 Å². The van der Waals surface area contributed by atoms with Crippen LogP contribution in [0.4, 0.5) is 9.18 Å². The maximum atomic E-state index is 16.8. The molecular weight excluding hydrogens is 753 g/mol. The number of imidazole rings is 1. The van der Waals surface area contributed by atoms with E-state index in [-0.39, 0.29) is 31.3 Å². The van der Waals surface area contributed by atoms with Crippen LogP contribution < -0.4 is 5.32 Å². The zero-order chi connectivity index (χ0) is 42.7. The van der Waals surface area contributed by atoms with E-state index in [1.807, 2.05) is 29.8 Å². The maximum Gasteiger partial charge on any atom is 0.410 e. The van der Waals surface area contributed by atoms with Crippen molar-refractivity contribution in [2.75, 3.05) is 20.7 Å². The van der Waals surface area contributed by atoms with Crippen LogP contribution in [0.15, 0.2) is 37.1 Å². The van der Waals surface area contributed by atoms with Crippen molar-refractivity contribution in [3.63, 3.8) is 0 Å². The van der Waals surface area contributed by atoms with Gasteiger partial charge in [-0.05, 0) is 79.0 Å². The molecular formula is C42H62FN5O10. The molecule has 0 spiro atoms. The van der Waals surface area contributed by atoms with Crippen LogP contribution in [0.3, 0.4) is 0 Å². The standard InChI is InChI=1S/C42H62FN5O10/c1-11-31-42(8)34(48(39(53)58-42)18-13-12-17-47-22-30(46-23-47)28-15-14-16-45-21-28)26(4)32(49)24(2)20-40(6,54-10)36(27(5)35(51)41(7,43)38(52)56-31)57-37-33(50)29(44-9)19-25(3)55-37/h14-16,21-27,29,31,33-34,36-37,44,50H,11-13,17-20H2,1-10H3/t24-,25-,26+,27+,29+,31-,33-,34?,36-,37+,40-,41+,42-/m1/s1. The van der Waals surface area contributed by atoms with Crippen molar-refractivity contribution in [2.24, 2.45) is 17.8 Å². The van der Waals surface area contributed by atoms with Gasteiger partial charge in [-0.2, -0.15) is 0 Å². The molecule has 3 aliphatic heterocycles. The Balaban J connectivity index is 1.46. The molecule has 3 fully saturated rings. The first-order valence-corrected chi connectivity index (χ1v) is 20.4. The number of alkyl halides is 1. The minimum atomic E-state index is -3.18. The molecule has 1 unspecified atom stereocenters. The fraction of sp³-hybridized carbons (Fsp3) is 0.714. The maximum absolute atomic E-state index is 16.8. The number of Topliss-reactive ketones (excluding diaryl/α,β-unsaturated/α-hetero) is 2. The lowest BCUT2D eigenvalue weighted by atomic mass is 9.73. The van der Waals surface area contributed by atoms with Gasteiger partial charge in [0.25, 0.3) is 5.67 Å². The number of aliphatic hydroxyl groups excluding tert-OH is 1. The third-order valence-electron chi connectivity index (χ3n) is 12.6. The third-order valence-corrected chi connectivity index (χ3v) is 12.6. The van der Waals surface area contributed by atoms with Crippen LogP contribution >= 0.6 is 0 Å². The van der Waals surface area contributed by atoms with Gasteiger partial charge in [0.2, 0.25) is 0 Å². The van der Waals surface area contributed by atoms with Gasteiger partial charge in [-0.1, -0.05) is 27.7 Å². The normalized spacial score (nSPS) is 37.9. The van der Waals surface area contributed by atoms with Crippen molar-refractivity contribution in [3.8, 4) is 11.3 Å². The van der Waals surface area contributed by atoms with E-state index in [0.717, 1.165) is 18.2 Å².